The van der Waals surface area contributed by atoms with Gasteiger partial charge in [-0.15, -0.1) is 0 Å². The lowest BCUT2D eigenvalue weighted by Crippen LogP contribution is -2.40. The number of benzene rings is 1. The maximum atomic E-state index is 13.9. The largest absolute Gasteiger partial charge is 0.497 e. The van der Waals surface area contributed by atoms with Crippen LogP contribution < -0.4 is 20.5 Å². The number of alkyl halides is 2. The fraction of sp³-hybridized carbons (Fsp3) is 0.350. The zero-order chi connectivity index (χ0) is 23.8. The fourth-order valence-electron chi connectivity index (χ4n) is 3.26. The second kappa shape index (κ2) is 8.67. The summed E-state index contributed by atoms with van der Waals surface area (Å²) in [5.41, 5.74) is -0.663. The molecule has 1 saturated heterocycles. The van der Waals surface area contributed by atoms with Gasteiger partial charge in [0.25, 0.3) is 0 Å². The lowest BCUT2D eigenvalue weighted by Gasteiger charge is -2.21. The number of ether oxygens (including phenoxy) is 4. The third-order valence-corrected chi connectivity index (χ3v) is 4.91. The first-order valence-corrected chi connectivity index (χ1v) is 9.58. The molecule has 1 fully saturated rings. The highest BCUT2D eigenvalue weighted by Gasteiger charge is 2.54. The lowest BCUT2D eigenvalue weighted by atomic mass is 10.2. The highest BCUT2D eigenvalue weighted by atomic mass is 19.3. The molecule has 13 heteroatoms. The van der Waals surface area contributed by atoms with Gasteiger partial charge in [0.2, 0.25) is 6.23 Å². The van der Waals surface area contributed by atoms with Crippen molar-refractivity contribution in [2.75, 3.05) is 26.1 Å². The number of nitrogens with one attached hydrogen (secondary N) is 1. The van der Waals surface area contributed by atoms with Crippen LogP contribution >= 0.6 is 0 Å². The molecular formula is C20H19F2N3O8. The van der Waals surface area contributed by atoms with E-state index in [4.69, 9.17) is 23.4 Å². The summed E-state index contributed by atoms with van der Waals surface area (Å²) >= 11 is 0. The molecule has 2 aromatic heterocycles. The molecule has 11 nitrogen and oxygen atoms in total. The van der Waals surface area contributed by atoms with Crippen molar-refractivity contribution in [1.29, 1.82) is 0 Å². The van der Waals surface area contributed by atoms with Crippen LogP contribution in [-0.2, 0) is 16.1 Å². The number of carbonyl (C=O) groups is 1. The maximum Gasteiger partial charge on any atom is 0.413 e. The van der Waals surface area contributed by atoms with E-state index >= 15 is 0 Å². The first-order valence-electron chi connectivity index (χ1n) is 9.58. The van der Waals surface area contributed by atoms with Crippen LogP contribution in [0.1, 0.15) is 12.0 Å². The Bertz CT molecular complexity index is 1240. The Morgan fingerprint density at radius 2 is 2.12 bits per heavy atom. The van der Waals surface area contributed by atoms with E-state index < -0.39 is 36.6 Å². The number of aliphatic hydroxyl groups excluding tert-OH is 1. The predicted octanol–water partition coefficient (Wildman–Crippen LogP) is 2.28. The molecule has 33 heavy (non-hydrogen) atoms. The Labute approximate surface area is 184 Å². The first kappa shape index (κ1) is 22.5. The molecule has 0 unspecified atom stereocenters. The van der Waals surface area contributed by atoms with Gasteiger partial charge < -0.3 is 28.5 Å². The van der Waals surface area contributed by atoms with Crippen LogP contribution in [0.25, 0.3) is 11.0 Å². The van der Waals surface area contributed by atoms with E-state index in [2.05, 4.69) is 10.3 Å². The molecule has 2 N–H and O–H groups in total. The maximum absolute atomic E-state index is 13.9. The van der Waals surface area contributed by atoms with Gasteiger partial charge in [0, 0.05) is 17.6 Å². The van der Waals surface area contributed by atoms with Crippen LogP contribution in [0.5, 0.6) is 11.5 Å². The standard InChI is InChI=1S/C20H19F2N3O8/c1-29-11-5-10-6-12(33-16(10)13(7-11)30-2)8-32-19(28)24-15-3-4-25(18(27)23-15)17-20(21,22)14(26)9-31-17/h3-7,14,17,26H,8-9H2,1-2H3,(H,23,24,27,28)/t14-,17-/m1/s1. The zero-order valence-corrected chi connectivity index (χ0v) is 17.4. The number of anilines is 1. The number of hydrogen-bond donors (Lipinski definition) is 2. The van der Waals surface area contributed by atoms with E-state index in [1.165, 1.54) is 14.2 Å². The van der Waals surface area contributed by atoms with Crippen LogP contribution in [0, 0.1) is 0 Å². The number of rotatable bonds is 6. The van der Waals surface area contributed by atoms with Crippen LogP contribution in [0.15, 0.2) is 39.7 Å². The molecule has 4 rings (SSSR count). The quantitative estimate of drug-likeness (QED) is 0.560. The molecule has 3 aromatic rings. The van der Waals surface area contributed by atoms with Crippen molar-refractivity contribution >= 4 is 22.9 Å². The molecule has 1 aromatic carbocycles. The number of aromatic nitrogens is 2. The first-order chi connectivity index (χ1) is 15.7. The monoisotopic (exact) mass is 467 g/mol. The number of fused-ring (bicyclic) bond motifs is 1. The molecule has 3 heterocycles. The molecule has 0 saturated carbocycles. The Balaban J connectivity index is 1.41. The minimum atomic E-state index is -3.67. The molecule has 2 atom stereocenters. The van der Waals surface area contributed by atoms with Crippen molar-refractivity contribution in [2.24, 2.45) is 0 Å². The molecule has 0 radical (unpaired) electrons. The minimum absolute atomic E-state index is 0.223. The number of halogens is 2. The van der Waals surface area contributed by atoms with Crippen molar-refractivity contribution in [2.45, 2.75) is 24.9 Å². The minimum Gasteiger partial charge on any atom is -0.497 e. The normalized spacial score (nSPS) is 19.4. The Kier molecular flexibility index (Phi) is 5.91. The van der Waals surface area contributed by atoms with E-state index in [0.717, 1.165) is 12.3 Å². The molecule has 1 aliphatic rings. The van der Waals surface area contributed by atoms with Crippen molar-refractivity contribution < 1.29 is 42.0 Å². The molecule has 1 amide bonds. The molecule has 176 valence electrons. The van der Waals surface area contributed by atoms with Gasteiger partial charge in [-0.05, 0) is 18.2 Å². The van der Waals surface area contributed by atoms with E-state index in [-0.39, 0.29) is 12.4 Å². The molecule has 0 bridgehead atoms. The Morgan fingerprint density at radius 1 is 1.33 bits per heavy atom. The van der Waals surface area contributed by atoms with Crippen molar-refractivity contribution in [3.05, 3.63) is 46.7 Å². The highest BCUT2D eigenvalue weighted by Crippen LogP contribution is 2.38. The summed E-state index contributed by atoms with van der Waals surface area (Å²) < 4.78 is 54.4. The van der Waals surface area contributed by atoms with Gasteiger partial charge in [0.1, 0.15) is 23.4 Å². The summed E-state index contributed by atoms with van der Waals surface area (Å²) in [4.78, 5) is 27.7. The summed E-state index contributed by atoms with van der Waals surface area (Å²) in [5, 5.41) is 12.2. The molecule has 1 aliphatic heterocycles. The van der Waals surface area contributed by atoms with Crippen molar-refractivity contribution in [3.8, 4) is 11.5 Å². The summed E-state index contributed by atoms with van der Waals surface area (Å²) in [7, 11) is 2.99. The van der Waals surface area contributed by atoms with Gasteiger partial charge in [0.15, 0.2) is 17.9 Å². The Hall–Kier alpha value is -3.71. The number of furan rings is 1. The van der Waals surface area contributed by atoms with E-state index in [1.807, 2.05) is 0 Å². The fourth-order valence-corrected chi connectivity index (χ4v) is 3.26. The number of aliphatic hydroxyl groups is 1. The van der Waals surface area contributed by atoms with Gasteiger partial charge in [-0.25, -0.2) is 9.59 Å². The lowest BCUT2D eigenvalue weighted by molar-refractivity contribution is -0.140. The van der Waals surface area contributed by atoms with E-state index in [0.29, 0.717) is 32.8 Å². The molecule has 0 aliphatic carbocycles. The number of methoxy groups -OCH3 is 2. The van der Waals surface area contributed by atoms with Crippen LogP contribution in [-0.4, -0.2) is 53.6 Å². The van der Waals surface area contributed by atoms with E-state index in [9.17, 15) is 23.5 Å². The molecular weight excluding hydrogens is 448 g/mol. The number of amides is 1. The average molecular weight is 467 g/mol. The predicted molar refractivity (Wildman–Crippen MR) is 108 cm³/mol. The van der Waals surface area contributed by atoms with Gasteiger partial charge in [0.05, 0.1) is 20.8 Å². The number of hydrogen-bond acceptors (Lipinski definition) is 9. The second-order valence-corrected chi connectivity index (χ2v) is 7.04. The Morgan fingerprint density at radius 3 is 2.76 bits per heavy atom. The average Bonchev–Trinajstić information content (AvgIpc) is 3.31. The van der Waals surface area contributed by atoms with Gasteiger partial charge in [-0.3, -0.25) is 9.88 Å². The summed E-state index contributed by atoms with van der Waals surface area (Å²) in [6.45, 7) is -0.875. The topological polar surface area (TPSA) is 134 Å². The summed E-state index contributed by atoms with van der Waals surface area (Å²) in [5.74, 6) is -2.58. The smallest absolute Gasteiger partial charge is 0.413 e. The SMILES string of the molecule is COc1cc(OC)c2oc(COC(=O)Nc3ccn([C@@H]4OC[C@@H](O)C4(F)F)c(=O)n3)cc2c1. The summed E-state index contributed by atoms with van der Waals surface area (Å²) in [6.07, 6.45) is -4.03. The highest BCUT2D eigenvalue weighted by molar-refractivity contribution is 5.86. The van der Waals surface area contributed by atoms with Crippen LogP contribution in [0.2, 0.25) is 0 Å². The van der Waals surface area contributed by atoms with E-state index in [1.54, 1.807) is 18.2 Å². The zero-order valence-electron chi connectivity index (χ0n) is 17.4. The molecule has 0 spiro atoms. The van der Waals surface area contributed by atoms with Gasteiger partial charge in [-0.1, -0.05) is 0 Å². The number of nitrogens with zero attached hydrogens (tertiary/aromatic N) is 2. The van der Waals surface area contributed by atoms with Crippen molar-refractivity contribution in [3.63, 3.8) is 0 Å². The van der Waals surface area contributed by atoms with Crippen LogP contribution in [0.3, 0.4) is 0 Å². The third-order valence-electron chi connectivity index (χ3n) is 4.91. The van der Waals surface area contributed by atoms with Gasteiger partial charge in [-0.2, -0.15) is 13.8 Å². The third kappa shape index (κ3) is 4.32. The van der Waals surface area contributed by atoms with Gasteiger partial charge >= 0.3 is 17.7 Å². The number of carbonyl (C=O) groups excluding carboxylic acids is 1. The van der Waals surface area contributed by atoms with Crippen LogP contribution in [0.4, 0.5) is 19.4 Å². The summed E-state index contributed by atoms with van der Waals surface area (Å²) in [6, 6.07) is 6.12. The second-order valence-electron chi connectivity index (χ2n) is 7.04. The van der Waals surface area contributed by atoms with Crippen molar-refractivity contribution in [1.82, 2.24) is 9.55 Å².